The Morgan fingerprint density at radius 1 is 0.879 bits per heavy atom. The van der Waals surface area contributed by atoms with E-state index in [-0.39, 0.29) is 15.5 Å². The minimum absolute atomic E-state index is 0.0162. The van der Waals surface area contributed by atoms with E-state index in [0.717, 1.165) is 5.56 Å². The molecule has 0 aliphatic rings. The summed E-state index contributed by atoms with van der Waals surface area (Å²) in [7, 11) is 0.424. The smallest absolute Gasteiger partial charge is 0.261 e. The predicted octanol–water partition coefficient (Wildman–Crippen LogP) is 4.73. The number of anilines is 2. The summed E-state index contributed by atoms with van der Waals surface area (Å²) in [6.07, 6.45) is 0. The van der Waals surface area contributed by atoms with Crippen molar-refractivity contribution in [3.63, 3.8) is 0 Å². The van der Waals surface area contributed by atoms with E-state index in [1.807, 2.05) is 13.0 Å². The fraction of sp³-hybridized carbons (Fsp3) is 0.174. The van der Waals surface area contributed by atoms with Crippen LogP contribution in [-0.4, -0.2) is 35.7 Å². The van der Waals surface area contributed by atoms with E-state index in [0.29, 0.717) is 28.6 Å². The van der Waals surface area contributed by atoms with Crippen LogP contribution in [0.2, 0.25) is 5.02 Å². The second-order valence-corrected chi connectivity index (χ2v) is 9.07. The number of carbonyl (C=O) groups excluding carboxylic acids is 1. The Morgan fingerprint density at radius 3 is 2.12 bits per heavy atom. The first kappa shape index (κ1) is 24.2. The summed E-state index contributed by atoms with van der Waals surface area (Å²) in [6.45, 7) is 1.85. The summed E-state index contributed by atoms with van der Waals surface area (Å²) in [4.78, 5) is 12.8. The van der Waals surface area contributed by atoms with Crippen molar-refractivity contribution >= 4 is 38.9 Å². The summed E-state index contributed by atoms with van der Waals surface area (Å²) in [5.74, 6) is 0.446. The standard InChI is InChI=1S/C23H23ClN2O6S/c1-14-6-5-7-15(10-14)26-33(28,29)17-8-9-19(24)18(13-17)23(27)25-16-11-20(30-2)22(32-4)21(12-16)31-3/h5-13,26H,1-4H3,(H,25,27). The lowest BCUT2D eigenvalue weighted by molar-refractivity contribution is 0.102. The summed E-state index contributed by atoms with van der Waals surface area (Å²) in [6, 6.07) is 13.9. The molecule has 0 aliphatic carbocycles. The Bertz CT molecular complexity index is 1270. The number of benzene rings is 3. The number of ether oxygens (including phenoxy) is 3. The Morgan fingerprint density at radius 2 is 1.55 bits per heavy atom. The van der Waals surface area contributed by atoms with Crippen LogP contribution in [0.1, 0.15) is 15.9 Å². The maximum atomic E-state index is 12.9. The van der Waals surface area contributed by atoms with Crippen LogP contribution in [0.15, 0.2) is 59.5 Å². The maximum absolute atomic E-state index is 12.9. The third kappa shape index (κ3) is 5.50. The van der Waals surface area contributed by atoms with Gasteiger partial charge in [0.1, 0.15) is 0 Å². The van der Waals surface area contributed by atoms with Crippen LogP contribution in [0, 0.1) is 6.92 Å². The van der Waals surface area contributed by atoms with Gasteiger partial charge in [-0.1, -0.05) is 23.7 Å². The SMILES string of the molecule is COc1cc(NC(=O)c2cc(S(=O)(=O)Nc3cccc(C)c3)ccc2Cl)cc(OC)c1OC. The lowest BCUT2D eigenvalue weighted by atomic mass is 10.2. The molecule has 0 atom stereocenters. The van der Waals surface area contributed by atoms with Gasteiger partial charge in [-0.2, -0.15) is 0 Å². The van der Waals surface area contributed by atoms with Gasteiger partial charge in [0.15, 0.2) is 11.5 Å². The molecular weight excluding hydrogens is 468 g/mol. The van der Waals surface area contributed by atoms with Crippen molar-refractivity contribution in [2.75, 3.05) is 31.4 Å². The van der Waals surface area contributed by atoms with Crippen LogP contribution < -0.4 is 24.2 Å². The molecule has 0 saturated carbocycles. The molecule has 0 aromatic heterocycles. The van der Waals surface area contributed by atoms with Crippen LogP contribution in [0.4, 0.5) is 11.4 Å². The molecule has 0 unspecified atom stereocenters. The minimum Gasteiger partial charge on any atom is -0.493 e. The van der Waals surface area contributed by atoms with Crippen molar-refractivity contribution in [3.8, 4) is 17.2 Å². The Balaban J connectivity index is 1.91. The molecule has 2 N–H and O–H groups in total. The van der Waals surface area contributed by atoms with Gasteiger partial charge in [0.05, 0.1) is 36.8 Å². The fourth-order valence-corrected chi connectivity index (χ4v) is 4.40. The average Bonchev–Trinajstić information content (AvgIpc) is 2.78. The lowest BCUT2D eigenvalue weighted by Gasteiger charge is -2.15. The fourth-order valence-electron chi connectivity index (χ4n) is 3.12. The van der Waals surface area contributed by atoms with Gasteiger partial charge in [0.25, 0.3) is 15.9 Å². The number of aryl methyl sites for hydroxylation is 1. The highest BCUT2D eigenvalue weighted by Crippen LogP contribution is 2.40. The van der Waals surface area contributed by atoms with E-state index in [1.54, 1.807) is 30.3 Å². The topological polar surface area (TPSA) is 103 Å². The van der Waals surface area contributed by atoms with Gasteiger partial charge >= 0.3 is 0 Å². The first-order valence-electron chi connectivity index (χ1n) is 9.69. The summed E-state index contributed by atoms with van der Waals surface area (Å²) >= 11 is 6.21. The molecule has 0 heterocycles. The van der Waals surface area contributed by atoms with E-state index in [1.165, 1.54) is 39.5 Å². The van der Waals surface area contributed by atoms with Crippen molar-refractivity contribution in [1.29, 1.82) is 0 Å². The Kier molecular flexibility index (Phi) is 7.35. The number of nitrogens with one attached hydrogen (secondary N) is 2. The molecule has 0 bridgehead atoms. The molecule has 1 amide bonds. The Labute approximate surface area is 197 Å². The third-order valence-electron chi connectivity index (χ3n) is 4.69. The lowest BCUT2D eigenvalue weighted by Crippen LogP contribution is -2.16. The first-order valence-corrected chi connectivity index (χ1v) is 11.5. The van der Waals surface area contributed by atoms with E-state index < -0.39 is 15.9 Å². The highest BCUT2D eigenvalue weighted by molar-refractivity contribution is 7.92. The van der Waals surface area contributed by atoms with Crippen molar-refractivity contribution in [2.45, 2.75) is 11.8 Å². The van der Waals surface area contributed by atoms with Crippen LogP contribution >= 0.6 is 11.6 Å². The minimum atomic E-state index is -3.95. The number of carbonyl (C=O) groups is 1. The molecule has 0 radical (unpaired) electrons. The van der Waals surface area contributed by atoms with Crippen molar-refractivity contribution in [3.05, 3.63) is 70.7 Å². The number of halogens is 1. The monoisotopic (exact) mass is 490 g/mol. The van der Waals surface area contributed by atoms with Crippen molar-refractivity contribution < 1.29 is 27.4 Å². The molecule has 0 fully saturated rings. The zero-order valence-corrected chi connectivity index (χ0v) is 20.0. The third-order valence-corrected chi connectivity index (χ3v) is 6.39. The largest absolute Gasteiger partial charge is 0.493 e. The number of methoxy groups -OCH3 is 3. The number of hydrogen-bond acceptors (Lipinski definition) is 6. The summed E-state index contributed by atoms with van der Waals surface area (Å²) in [5, 5.41) is 2.77. The van der Waals surface area contributed by atoms with E-state index >= 15 is 0 Å². The normalized spacial score (nSPS) is 10.9. The van der Waals surface area contributed by atoms with E-state index in [4.69, 9.17) is 25.8 Å². The molecule has 3 aromatic rings. The number of rotatable bonds is 8. The number of hydrogen-bond donors (Lipinski definition) is 2. The molecule has 10 heteroatoms. The molecule has 0 saturated heterocycles. The Hall–Kier alpha value is -3.43. The zero-order valence-electron chi connectivity index (χ0n) is 18.4. The highest BCUT2D eigenvalue weighted by atomic mass is 35.5. The first-order chi connectivity index (χ1) is 15.7. The summed E-state index contributed by atoms with van der Waals surface area (Å²) in [5.41, 5.74) is 1.64. The van der Waals surface area contributed by atoms with Gasteiger partial charge in [-0.05, 0) is 42.8 Å². The van der Waals surface area contributed by atoms with Crippen molar-refractivity contribution in [2.24, 2.45) is 0 Å². The van der Waals surface area contributed by atoms with Gasteiger partial charge in [0.2, 0.25) is 5.75 Å². The van der Waals surface area contributed by atoms with Crippen molar-refractivity contribution in [1.82, 2.24) is 0 Å². The second-order valence-electron chi connectivity index (χ2n) is 6.98. The van der Waals surface area contributed by atoms with Gasteiger partial charge in [-0.15, -0.1) is 0 Å². The van der Waals surface area contributed by atoms with E-state index in [2.05, 4.69) is 10.0 Å². The zero-order chi connectivity index (χ0) is 24.2. The maximum Gasteiger partial charge on any atom is 0.261 e. The van der Waals surface area contributed by atoms with Crippen LogP contribution in [0.3, 0.4) is 0 Å². The predicted molar refractivity (Wildman–Crippen MR) is 127 cm³/mol. The quantitative estimate of drug-likeness (QED) is 0.473. The van der Waals surface area contributed by atoms with Gasteiger partial charge in [-0.25, -0.2) is 8.42 Å². The molecule has 0 aliphatic heterocycles. The van der Waals surface area contributed by atoms with E-state index in [9.17, 15) is 13.2 Å². The van der Waals surface area contributed by atoms with Crippen LogP contribution in [0.25, 0.3) is 0 Å². The molecule has 3 aromatic carbocycles. The van der Waals surface area contributed by atoms with Gasteiger partial charge in [0, 0.05) is 23.5 Å². The highest BCUT2D eigenvalue weighted by Gasteiger charge is 2.20. The van der Waals surface area contributed by atoms with Crippen LogP contribution in [0.5, 0.6) is 17.2 Å². The molecule has 174 valence electrons. The summed E-state index contributed by atoms with van der Waals surface area (Å²) < 4.78 is 44.1. The number of sulfonamides is 1. The molecule has 8 nitrogen and oxygen atoms in total. The second kappa shape index (κ2) is 10.0. The number of amides is 1. The van der Waals surface area contributed by atoms with Crippen LogP contribution in [-0.2, 0) is 10.0 Å². The van der Waals surface area contributed by atoms with Gasteiger partial charge in [-0.3, -0.25) is 9.52 Å². The average molecular weight is 491 g/mol. The van der Waals surface area contributed by atoms with Gasteiger partial charge < -0.3 is 19.5 Å². The molecule has 3 rings (SSSR count). The molecular formula is C23H23ClN2O6S. The molecule has 0 spiro atoms. The molecule has 33 heavy (non-hydrogen) atoms.